The summed E-state index contributed by atoms with van der Waals surface area (Å²) in [4.78, 5) is 25.8. The lowest BCUT2D eigenvalue weighted by Crippen LogP contribution is -2.68. The summed E-state index contributed by atoms with van der Waals surface area (Å²) >= 11 is 0. The van der Waals surface area contributed by atoms with Crippen LogP contribution >= 0.6 is 0 Å². The van der Waals surface area contributed by atoms with Crippen LogP contribution in [0.15, 0.2) is 42.0 Å². The van der Waals surface area contributed by atoms with Gasteiger partial charge in [0.05, 0.1) is 24.2 Å². The molecule has 1 aromatic rings. The van der Waals surface area contributed by atoms with E-state index in [1.54, 1.807) is 30.3 Å². The van der Waals surface area contributed by atoms with E-state index in [1.165, 1.54) is 11.6 Å². The van der Waals surface area contributed by atoms with Crippen LogP contribution in [-0.2, 0) is 14.3 Å². The van der Waals surface area contributed by atoms with Gasteiger partial charge in [0.15, 0.2) is 0 Å². The third-order valence-electron chi connectivity index (χ3n) is 14.6. The molecule has 7 heteroatoms. The fourth-order valence-corrected chi connectivity index (χ4v) is 11.8. The topological polar surface area (TPSA) is 124 Å². The van der Waals surface area contributed by atoms with Crippen molar-refractivity contribution in [3.63, 3.8) is 0 Å². The summed E-state index contributed by atoms with van der Waals surface area (Å²) in [5.41, 5.74) is 0.147. The van der Waals surface area contributed by atoms with Gasteiger partial charge in [-0.2, -0.15) is 0 Å². The van der Waals surface area contributed by atoms with E-state index in [9.17, 15) is 30.0 Å². The van der Waals surface area contributed by atoms with Crippen molar-refractivity contribution in [2.24, 2.45) is 50.2 Å². The molecule has 0 heterocycles. The van der Waals surface area contributed by atoms with Crippen molar-refractivity contribution in [2.45, 2.75) is 112 Å². The second kappa shape index (κ2) is 10.9. The maximum Gasteiger partial charge on any atom is 0.330 e. The molecule has 0 saturated heterocycles. The molecule has 252 valence electrons. The zero-order valence-electron chi connectivity index (χ0n) is 28.5. The summed E-state index contributed by atoms with van der Waals surface area (Å²) in [7, 11) is 0. The zero-order valence-corrected chi connectivity index (χ0v) is 28.5. The number of carboxylic acid groups (broad SMARTS) is 1. The average Bonchev–Trinajstić information content (AvgIpc) is 2.98. The molecule has 5 aliphatic rings. The first-order chi connectivity index (χ1) is 21.4. The SMILES string of the molecule is CC1(C)CC[C@]2(C(=O)O)CC[C@]3(C)C(=CCC4[C@@]5(C)C[C@@H](O)[C@H](O)[C@@](C)(COC(=O)/C=C/c6ccc(O)cc6)C5CC[C@]43C)C2C1. The van der Waals surface area contributed by atoms with E-state index >= 15 is 0 Å². The zero-order chi connectivity index (χ0) is 33.5. The molecule has 6 rings (SSSR count). The number of aliphatic carboxylic acids is 1. The van der Waals surface area contributed by atoms with Gasteiger partial charge in [0.2, 0.25) is 0 Å². The van der Waals surface area contributed by atoms with Gasteiger partial charge in [-0.25, -0.2) is 4.79 Å². The highest BCUT2D eigenvalue weighted by Crippen LogP contribution is 2.75. The molecule has 0 bridgehead atoms. The molecule has 0 radical (unpaired) electrons. The van der Waals surface area contributed by atoms with Crippen LogP contribution in [0, 0.1) is 50.2 Å². The van der Waals surface area contributed by atoms with E-state index in [1.807, 2.05) is 6.92 Å². The third-order valence-corrected chi connectivity index (χ3v) is 14.6. The molecule has 4 fully saturated rings. The number of fused-ring (bicyclic) bond motifs is 7. The second-order valence-electron chi connectivity index (χ2n) is 17.4. The van der Waals surface area contributed by atoms with E-state index in [-0.39, 0.29) is 51.8 Å². The van der Waals surface area contributed by atoms with Gasteiger partial charge in [-0.05, 0) is 121 Å². The summed E-state index contributed by atoms with van der Waals surface area (Å²) in [6.07, 6.45) is 10.7. The first kappa shape index (κ1) is 33.3. The largest absolute Gasteiger partial charge is 0.508 e. The molecular weight excluding hydrogens is 580 g/mol. The van der Waals surface area contributed by atoms with E-state index in [0.717, 1.165) is 50.5 Å². The molecule has 0 spiro atoms. The number of phenols is 1. The molecule has 7 nitrogen and oxygen atoms in total. The van der Waals surface area contributed by atoms with E-state index in [2.05, 4.69) is 40.7 Å². The minimum absolute atomic E-state index is 0.00428. The monoisotopic (exact) mass is 634 g/mol. The molecule has 0 aliphatic heterocycles. The van der Waals surface area contributed by atoms with Gasteiger partial charge in [0.25, 0.3) is 0 Å². The van der Waals surface area contributed by atoms with Crippen molar-refractivity contribution >= 4 is 18.0 Å². The Bertz CT molecular complexity index is 1440. The smallest absolute Gasteiger partial charge is 0.330 e. The van der Waals surface area contributed by atoms with Crippen molar-refractivity contribution in [3.8, 4) is 5.75 Å². The number of hydrogen-bond donors (Lipinski definition) is 4. The van der Waals surface area contributed by atoms with Crippen molar-refractivity contribution in [1.82, 2.24) is 0 Å². The van der Waals surface area contributed by atoms with Crippen LogP contribution in [0.1, 0.15) is 105 Å². The van der Waals surface area contributed by atoms with Crippen LogP contribution in [0.4, 0.5) is 0 Å². The highest BCUT2D eigenvalue weighted by molar-refractivity contribution is 5.87. The van der Waals surface area contributed by atoms with Gasteiger partial charge in [-0.3, -0.25) is 4.79 Å². The minimum Gasteiger partial charge on any atom is -0.508 e. The maximum absolute atomic E-state index is 12.9. The highest BCUT2D eigenvalue weighted by Gasteiger charge is 2.70. The summed E-state index contributed by atoms with van der Waals surface area (Å²) in [5.74, 6) is -0.702. The molecule has 0 aromatic heterocycles. The Labute approximate surface area is 274 Å². The summed E-state index contributed by atoms with van der Waals surface area (Å²) in [5, 5.41) is 43.1. The van der Waals surface area contributed by atoms with Gasteiger partial charge in [0, 0.05) is 11.5 Å². The molecule has 3 unspecified atom stereocenters. The van der Waals surface area contributed by atoms with E-state index < -0.39 is 35.0 Å². The molecule has 1 aromatic carbocycles. The quantitative estimate of drug-likeness (QED) is 0.154. The molecule has 4 N–H and O–H groups in total. The van der Waals surface area contributed by atoms with Gasteiger partial charge >= 0.3 is 11.9 Å². The lowest BCUT2D eigenvalue weighted by Gasteiger charge is -2.71. The van der Waals surface area contributed by atoms with E-state index in [0.29, 0.717) is 12.8 Å². The van der Waals surface area contributed by atoms with Gasteiger partial charge < -0.3 is 25.2 Å². The molecule has 5 aliphatic carbocycles. The number of aliphatic hydroxyl groups excluding tert-OH is 2. The molecule has 0 amide bonds. The van der Waals surface area contributed by atoms with Crippen molar-refractivity contribution < 1.29 is 34.8 Å². The average molecular weight is 635 g/mol. The van der Waals surface area contributed by atoms with Crippen LogP contribution in [-0.4, -0.2) is 51.2 Å². The number of hydrogen-bond acceptors (Lipinski definition) is 6. The van der Waals surface area contributed by atoms with Crippen molar-refractivity contribution in [2.75, 3.05) is 6.61 Å². The molecule has 46 heavy (non-hydrogen) atoms. The Morgan fingerprint density at radius 3 is 2.26 bits per heavy atom. The second-order valence-corrected chi connectivity index (χ2v) is 17.4. The number of aromatic hydroxyl groups is 1. The predicted molar refractivity (Wildman–Crippen MR) is 176 cm³/mol. The number of esters is 1. The normalized spacial score (nSPS) is 44.6. The molecule has 10 atom stereocenters. The van der Waals surface area contributed by atoms with Crippen molar-refractivity contribution in [1.29, 1.82) is 0 Å². The summed E-state index contributed by atoms with van der Waals surface area (Å²) in [6, 6.07) is 6.53. The third kappa shape index (κ3) is 4.81. The number of allylic oxidation sites excluding steroid dienone is 2. The number of phenolic OH excluding ortho intramolecular Hbond substituents is 1. The standard InChI is InChI=1S/C39H54O7/c1-34(2)17-19-39(33(44)45)20-18-37(5)26(27(39)21-34)12-13-30-35(3)22-28(41)32(43)36(4,29(35)15-16-38(30,37)6)23-46-31(42)14-9-24-7-10-25(40)11-8-24/h7-12,14,27-30,32,40-41,43H,13,15-23H2,1-6H3,(H,44,45)/b14-9+/t27?,28-,29?,30?,32+,35+,36+,37-,38-,39+/m1/s1. The highest BCUT2D eigenvalue weighted by atomic mass is 16.5. The van der Waals surface area contributed by atoms with E-state index in [4.69, 9.17) is 4.74 Å². The van der Waals surface area contributed by atoms with Crippen LogP contribution in [0.25, 0.3) is 6.08 Å². The van der Waals surface area contributed by atoms with Crippen LogP contribution in [0.5, 0.6) is 5.75 Å². The Morgan fingerprint density at radius 1 is 0.913 bits per heavy atom. The first-order valence-corrected chi connectivity index (χ1v) is 17.4. The summed E-state index contributed by atoms with van der Waals surface area (Å²) < 4.78 is 5.81. The van der Waals surface area contributed by atoms with Crippen LogP contribution in [0.2, 0.25) is 0 Å². The number of carboxylic acids is 1. The Kier molecular flexibility index (Phi) is 7.92. The minimum atomic E-state index is -1.02. The van der Waals surface area contributed by atoms with Crippen LogP contribution in [0.3, 0.4) is 0 Å². The van der Waals surface area contributed by atoms with Crippen LogP contribution < -0.4 is 0 Å². The number of rotatable bonds is 5. The lowest BCUT2D eigenvalue weighted by molar-refractivity contribution is -0.245. The van der Waals surface area contributed by atoms with Gasteiger partial charge in [0.1, 0.15) is 5.75 Å². The van der Waals surface area contributed by atoms with Crippen molar-refractivity contribution in [3.05, 3.63) is 47.6 Å². The molecular formula is C39H54O7. The fourth-order valence-electron chi connectivity index (χ4n) is 11.8. The number of carbonyl (C=O) groups is 2. The lowest BCUT2D eigenvalue weighted by atomic mass is 9.33. The Balaban J connectivity index is 1.30. The maximum atomic E-state index is 12.9. The Morgan fingerprint density at radius 2 is 1.59 bits per heavy atom. The number of benzene rings is 1. The summed E-state index contributed by atoms with van der Waals surface area (Å²) in [6.45, 7) is 13.7. The van der Waals surface area contributed by atoms with Gasteiger partial charge in [-0.1, -0.05) is 65.3 Å². The number of carbonyl (C=O) groups excluding carboxylic acids is 1. The number of ether oxygens (including phenoxy) is 1. The fraction of sp³-hybridized carbons (Fsp3) is 0.692. The Hall–Kier alpha value is -2.64. The van der Waals surface area contributed by atoms with Gasteiger partial charge in [-0.15, -0.1) is 0 Å². The first-order valence-electron chi connectivity index (χ1n) is 17.4. The number of aliphatic hydroxyl groups is 2. The predicted octanol–water partition coefficient (Wildman–Crippen LogP) is 7.15. The molecule has 4 saturated carbocycles.